The Morgan fingerprint density at radius 1 is 1.60 bits per heavy atom. The van der Waals surface area contributed by atoms with Crippen molar-refractivity contribution < 1.29 is 4.74 Å². The second-order valence-corrected chi connectivity index (χ2v) is 3.30. The Morgan fingerprint density at radius 2 is 2.30 bits per heavy atom. The van der Waals surface area contributed by atoms with E-state index in [1.807, 2.05) is 0 Å². The van der Waals surface area contributed by atoms with Crippen molar-refractivity contribution in [2.45, 2.75) is 45.3 Å². The quantitative estimate of drug-likeness (QED) is 0.576. The zero-order valence-corrected chi connectivity index (χ0v) is 6.92. The number of aliphatic imine (C=N–C) groups is 1. The monoisotopic (exact) mass is 141 g/mol. The third-order valence-corrected chi connectivity index (χ3v) is 1.95. The van der Waals surface area contributed by atoms with Crippen molar-refractivity contribution in [1.29, 1.82) is 0 Å². The molecule has 1 atom stereocenters. The number of ether oxygens (including phenoxy) is 1. The average Bonchev–Trinajstić information content (AvgIpc) is 2.13. The molecule has 0 radical (unpaired) electrons. The molecule has 1 rings (SSSR count). The first-order valence-electron chi connectivity index (χ1n) is 3.86. The zero-order chi connectivity index (χ0) is 7.61. The summed E-state index contributed by atoms with van der Waals surface area (Å²) in [4.78, 5) is 4.22. The first-order valence-corrected chi connectivity index (χ1v) is 3.86. The lowest BCUT2D eigenvalue weighted by Crippen LogP contribution is -2.30. The SMILES string of the molecule is CCCC1OC=NC1(C)C. The van der Waals surface area contributed by atoms with Gasteiger partial charge in [0.25, 0.3) is 0 Å². The lowest BCUT2D eigenvalue weighted by atomic mass is 9.95. The predicted octanol–water partition coefficient (Wildman–Crippen LogP) is 1.99. The standard InChI is InChI=1S/C8H15NO/c1-4-5-7-8(2,3)9-6-10-7/h6-7H,4-5H2,1-3H3. The molecular formula is C8H15NO. The number of hydrogen-bond acceptors (Lipinski definition) is 2. The van der Waals surface area contributed by atoms with Crippen molar-refractivity contribution in [3.8, 4) is 0 Å². The fraction of sp³-hybridized carbons (Fsp3) is 0.875. The first-order chi connectivity index (χ1) is 4.67. The smallest absolute Gasteiger partial charge is 0.170 e. The average molecular weight is 141 g/mol. The van der Waals surface area contributed by atoms with E-state index in [-0.39, 0.29) is 5.54 Å². The fourth-order valence-electron chi connectivity index (χ4n) is 1.17. The highest BCUT2D eigenvalue weighted by Crippen LogP contribution is 2.25. The molecule has 1 heterocycles. The van der Waals surface area contributed by atoms with Gasteiger partial charge in [-0.15, -0.1) is 0 Å². The van der Waals surface area contributed by atoms with Crippen molar-refractivity contribution in [2.75, 3.05) is 0 Å². The van der Waals surface area contributed by atoms with E-state index >= 15 is 0 Å². The van der Waals surface area contributed by atoms with Gasteiger partial charge in [0, 0.05) is 0 Å². The molecule has 0 N–H and O–H groups in total. The molecule has 1 aliphatic heterocycles. The molecule has 0 aromatic carbocycles. The Bertz CT molecular complexity index is 140. The molecule has 2 heteroatoms. The third kappa shape index (κ3) is 1.31. The van der Waals surface area contributed by atoms with Crippen molar-refractivity contribution in [3.05, 3.63) is 0 Å². The molecule has 0 fully saturated rings. The highest BCUT2D eigenvalue weighted by Gasteiger charge is 2.32. The molecular weight excluding hydrogens is 126 g/mol. The minimum absolute atomic E-state index is 0.00993. The van der Waals surface area contributed by atoms with Gasteiger partial charge in [-0.3, -0.25) is 0 Å². The third-order valence-electron chi connectivity index (χ3n) is 1.95. The molecule has 0 aromatic rings. The molecule has 0 amide bonds. The van der Waals surface area contributed by atoms with Crippen LogP contribution in [0.5, 0.6) is 0 Å². The van der Waals surface area contributed by atoms with Crippen LogP contribution in [-0.2, 0) is 4.74 Å². The molecule has 0 bridgehead atoms. The van der Waals surface area contributed by atoms with E-state index in [0.29, 0.717) is 6.10 Å². The van der Waals surface area contributed by atoms with Gasteiger partial charge in [0.1, 0.15) is 6.10 Å². The summed E-state index contributed by atoms with van der Waals surface area (Å²) in [6.45, 7) is 6.38. The van der Waals surface area contributed by atoms with E-state index in [1.165, 1.54) is 0 Å². The van der Waals surface area contributed by atoms with E-state index in [9.17, 15) is 0 Å². The summed E-state index contributed by atoms with van der Waals surface area (Å²) in [5.74, 6) is 0. The first kappa shape index (κ1) is 7.58. The summed E-state index contributed by atoms with van der Waals surface area (Å²) in [5.41, 5.74) is 0.00993. The molecule has 1 unspecified atom stereocenters. The van der Waals surface area contributed by atoms with Crippen LogP contribution in [0.2, 0.25) is 0 Å². The lowest BCUT2D eigenvalue weighted by molar-refractivity contribution is 0.150. The lowest BCUT2D eigenvalue weighted by Gasteiger charge is -2.22. The maximum atomic E-state index is 5.32. The molecule has 2 nitrogen and oxygen atoms in total. The molecule has 0 aromatic heterocycles. The van der Waals surface area contributed by atoms with Crippen molar-refractivity contribution in [2.24, 2.45) is 4.99 Å². The van der Waals surface area contributed by atoms with E-state index < -0.39 is 0 Å². The summed E-state index contributed by atoms with van der Waals surface area (Å²) >= 11 is 0. The topological polar surface area (TPSA) is 21.6 Å². The van der Waals surface area contributed by atoms with E-state index in [1.54, 1.807) is 6.40 Å². The minimum Gasteiger partial charge on any atom is -0.478 e. The van der Waals surface area contributed by atoms with Crippen molar-refractivity contribution >= 4 is 6.40 Å². The Kier molecular flexibility index (Phi) is 1.97. The number of hydrogen-bond donors (Lipinski definition) is 0. The van der Waals surface area contributed by atoms with Gasteiger partial charge >= 0.3 is 0 Å². The van der Waals surface area contributed by atoms with Gasteiger partial charge in [-0.1, -0.05) is 13.3 Å². The van der Waals surface area contributed by atoms with E-state index in [4.69, 9.17) is 4.74 Å². The summed E-state index contributed by atoms with van der Waals surface area (Å²) in [6, 6.07) is 0. The number of nitrogens with zero attached hydrogens (tertiary/aromatic N) is 1. The maximum Gasteiger partial charge on any atom is 0.170 e. The van der Waals surface area contributed by atoms with Gasteiger partial charge in [0.15, 0.2) is 6.40 Å². The van der Waals surface area contributed by atoms with Crippen LogP contribution < -0.4 is 0 Å². The number of rotatable bonds is 2. The van der Waals surface area contributed by atoms with Crippen LogP contribution in [0.3, 0.4) is 0 Å². The Morgan fingerprint density at radius 3 is 2.70 bits per heavy atom. The zero-order valence-electron chi connectivity index (χ0n) is 6.92. The van der Waals surface area contributed by atoms with Crippen LogP contribution in [0.25, 0.3) is 0 Å². The molecule has 0 aliphatic carbocycles. The van der Waals surface area contributed by atoms with Crippen molar-refractivity contribution in [3.63, 3.8) is 0 Å². The Labute approximate surface area is 62.3 Å². The summed E-state index contributed by atoms with van der Waals surface area (Å²) in [7, 11) is 0. The highest BCUT2D eigenvalue weighted by atomic mass is 16.5. The predicted molar refractivity (Wildman–Crippen MR) is 42.4 cm³/mol. The van der Waals surface area contributed by atoms with Crippen LogP contribution in [-0.4, -0.2) is 18.0 Å². The van der Waals surface area contributed by atoms with Gasteiger partial charge in [0.05, 0.1) is 5.54 Å². The largest absolute Gasteiger partial charge is 0.478 e. The van der Waals surface area contributed by atoms with E-state index in [0.717, 1.165) is 12.8 Å². The highest BCUT2D eigenvalue weighted by molar-refractivity contribution is 5.51. The minimum atomic E-state index is 0.00993. The second-order valence-electron chi connectivity index (χ2n) is 3.30. The van der Waals surface area contributed by atoms with Gasteiger partial charge in [-0.05, 0) is 20.3 Å². The molecule has 10 heavy (non-hydrogen) atoms. The summed E-state index contributed by atoms with van der Waals surface area (Å²) < 4.78 is 5.32. The van der Waals surface area contributed by atoms with Crippen LogP contribution >= 0.6 is 0 Å². The normalized spacial score (nSPS) is 28.5. The summed E-state index contributed by atoms with van der Waals surface area (Å²) in [5, 5.41) is 0. The van der Waals surface area contributed by atoms with Gasteiger partial charge in [-0.2, -0.15) is 0 Å². The van der Waals surface area contributed by atoms with Crippen LogP contribution in [0, 0.1) is 0 Å². The summed E-state index contributed by atoms with van der Waals surface area (Å²) in [6.07, 6.45) is 4.16. The Hall–Kier alpha value is -0.530. The molecule has 58 valence electrons. The molecule has 0 saturated heterocycles. The van der Waals surface area contributed by atoms with Gasteiger partial charge in [0.2, 0.25) is 0 Å². The van der Waals surface area contributed by atoms with Crippen LogP contribution in [0.15, 0.2) is 4.99 Å². The second kappa shape index (κ2) is 2.60. The van der Waals surface area contributed by atoms with Crippen LogP contribution in [0.1, 0.15) is 33.6 Å². The van der Waals surface area contributed by atoms with Crippen molar-refractivity contribution in [1.82, 2.24) is 0 Å². The van der Waals surface area contributed by atoms with E-state index in [2.05, 4.69) is 25.8 Å². The van der Waals surface area contributed by atoms with Gasteiger partial charge in [-0.25, -0.2) is 4.99 Å². The molecule has 0 saturated carbocycles. The molecule has 1 aliphatic rings. The Balaban J connectivity index is 2.48. The molecule has 0 spiro atoms. The maximum absolute atomic E-state index is 5.32. The fourth-order valence-corrected chi connectivity index (χ4v) is 1.17. The van der Waals surface area contributed by atoms with Crippen LogP contribution in [0.4, 0.5) is 0 Å². The van der Waals surface area contributed by atoms with Gasteiger partial charge < -0.3 is 4.74 Å².